The number of ether oxygens (including phenoxy) is 1. The number of rotatable bonds is 4. The normalized spacial score (nSPS) is 39.5. The highest BCUT2D eigenvalue weighted by Gasteiger charge is 2.86. The number of carbonyl (C=O) groups is 2. The molecular weight excluding hydrogens is 629 g/mol. The molecule has 2 N–H and O–H groups in total. The Balaban J connectivity index is 1.33. The van der Waals surface area contributed by atoms with E-state index in [-0.39, 0.29) is 41.7 Å². The number of aliphatic hydroxyl groups excluding tert-OH is 1. The number of benzene rings is 1. The Morgan fingerprint density at radius 3 is 2.58 bits per heavy atom. The summed E-state index contributed by atoms with van der Waals surface area (Å²) in [7, 11) is 0. The van der Waals surface area contributed by atoms with Gasteiger partial charge in [-0.1, -0.05) is 53.8 Å². The summed E-state index contributed by atoms with van der Waals surface area (Å²) in [5, 5.41) is 23.4. The fourth-order valence-electron chi connectivity index (χ4n) is 9.20. The predicted molar refractivity (Wildman–Crippen MR) is 151 cm³/mol. The lowest BCUT2D eigenvalue weighted by molar-refractivity contribution is -0.196. The zero-order chi connectivity index (χ0) is 28.2. The van der Waals surface area contributed by atoms with Crippen molar-refractivity contribution in [1.82, 2.24) is 13.9 Å². The molecule has 1 aromatic heterocycles. The standard InChI is InChI=1S/C29H32IN3O7/c1-16-20(17-8-10-31-25(37)33(26(38)32(31)15-17)19-5-3-2-4-6-19)11-22(40-23(35)14-30)28-12-18(28)7-9-27(16)13-21(34)24(36)29(27,28)39/h2-6,8,16,18,20-22,34,39H,7,9-15H2,1H3/t16-,18?,20+,21-,22+,27-,28-,29-/m0/s1. The van der Waals surface area contributed by atoms with E-state index in [1.807, 2.05) is 41.7 Å². The monoisotopic (exact) mass is 661 g/mol. The molecule has 10 nitrogen and oxygen atoms in total. The van der Waals surface area contributed by atoms with E-state index in [9.17, 15) is 29.4 Å². The minimum atomic E-state index is -1.78. The summed E-state index contributed by atoms with van der Waals surface area (Å²) in [5.74, 6) is -1.36. The number of ketones is 1. The number of hydrogen-bond acceptors (Lipinski definition) is 7. The highest BCUT2D eigenvalue weighted by molar-refractivity contribution is 14.1. The first kappa shape index (κ1) is 26.4. The molecule has 1 aromatic carbocycles. The first-order valence-electron chi connectivity index (χ1n) is 14.0. The molecule has 1 aliphatic heterocycles. The van der Waals surface area contributed by atoms with Gasteiger partial charge >= 0.3 is 17.3 Å². The molecule has 7 rings (SSSR count). The van der Waals surface area contributed by atoms with Crippen LogP contribution in [0.2, 0.25) is 0 Å². The number of hydrogen-bond donors (Lipinski definition) is 2. The Morgan fingerprint density at radius 1 is 1.12 bits per heavy atom. The Morgan fingerprint density at radius 2 is 1.85 bits per heavy atom. The molecule has 212 valence electrons. The Kier molecular flexibility index (Phi) is 5.77. The van der Waals surface area contributed by atoms with E-state index in [4.69, 9.17) is 4.74 Å². The van der Waals surface area contributed by atoms with Crippen LogP contribution in [0.15, 0.2) is 51.6 Å². The van der Waals surface area contributed by atoms with Crippen molar-refractivity contribution in [3.05, 3.63) is 62.9 Å². The molecule has 1 spiro atoms. The van der Waals surface area contributed by atoms with Gasteiger partial charge in [0.2, 0.25) is 0 Å². The second-order valence-corrected chi connectivity index (χ2v) is 13.1. The van der Waals surface area contributed by atoms with Gasteiger partial charge in [-0.15, -0.1) is 0 Å². The molecule has 11 heteroatoms. The zero-order valence-corrected chi connectivity index (χ0v) is 24.3. The number of allylic oxidation sites excluding steroid dienone is 2. The number of Topliss-reactive ketones (excluding diaryl/α,β-unsaturated/α-hetero) is 1. The molecule has 2 bridgehead atoms. The number of fused-ring (bicyclic) bond motifs is 1. The molecule has 40 heavy (non-hydrogen) atoms. The van der Waals surface area contributed by atoms with E-state index in [0.29, 0.717) is 24.9 Å². The van der Waals surface area contributed by atoms with Gasteiger partial charge in [-0.05, 0) is 67.6 Å². The van der Waals surface area contributed by atoms with Crippen LogP contribution in [-0.4, -0.2) is 58.1 Å². The average molecular weight is 661 g/mol. The molecule has 0 amide bonds. The number of aromatic nitrogens is 3. The van der Waals surface area contributed by atoms with Crippen LogP contribution in [0, 0.1) is 28.6 Å². The molecule has 8 atom stereocenters. The number of halogens is 1. The van der Waals surface area contributed by atoms with Gasteiger partial charge in [0.05, 0.1) is 23.2 Å². The van der Waals surface area contributed by atoms with Crippen LogP contribution < -0.4 is 11.4 Å². The molecular formula is C29H32IN3O7. The second-order valence-electron chi connectivity index (χ2n) is 12.3. The molecule has 2 aromatic rings. The van der Waals surface area contributed by atoms with E-state index >= 15 is 0 Å². The van der Waals surface area contributed by atoms with Gasteiger partial charge in [0.25, 0.3) is 0 Å². The third kappa shape index (κ3) is 3.11. The van der Waals surface area contributed by atoms with Crippen molar-refractivity contribution in [1.29, 1.82) is 0 Å². The number of nitrogens with zero attached hydrogens (tertiary/aromatic N) is 3. The van der Waals surface area contributed by atoms with Crippen LogP contribution in [0.1, 0.15) is 39.0 Å². The molecule has 0 radical (unpaired) electrons. The van der Waals surface area contributed by atoms with Crippen LogP contribution in [-0.2, 0) is 27.4 Å². The fraction of sp³-hybridized carbons (Fsp3) is 0.586. The van der Waals surface area contributed by atoms with E-state index < -0.39 is 51.8 Å². The van der Waals surface area contributed by atoms with Crippen molar-refractivity contribution in [2.45, 2.75) is 69.9 Å². The Labute approximate surface area is 243 Å². The van der Waals surface area contributed by atoms with E-state index in [0.717, 1.165) is 12.0 Å². The minimum Gasteiger partial charge on any atom is -0.461 e. The van der Waals surface area contributed by atoms with Crippen LogP contribution >= 0.6 is 22.6 Å². The summed E-state index contributed by atoms with van der Waals surface area (Å²) >= 11 is 1.95. The van der Waals surface area contributed by atoms with Crippen molar-refractivity contribution in [2.24, 2.45) is 28.6 Å². The Bertz CT molecular complexity index is 1580. The molecule has 2 heterocycles. The van der Waals surface area contributed by atoms with Gasteiger partial charge in [0.15, 0.2) is 5.78 Å². The summed E-state index contributed by atoms with van der Waals surface area (Å²) < 4.78 is 10.3. The third-order valence-corrected chi connectivity index (χ3v) is 11.7. The van der Waals surface area contributed by atoms with Crippen molar-refractivity contribution in [2.75, 3.05) is 4.43 Å². The maximum atomic E-state index is 13.6. The third-order valence-electron chi connectivity index (χ3n) is 11.1. The lowest BCUT2D eigenvalue weighted by Gasteiger charge is -2.52. The fourth-order valence-corrected chi connectivity index (χ4v) is 9.38. The van der Waals surface area contributed by atoms with Gasteiger partial charge in [0, 0.05) is 10.8 Å². The van der Waals surface area contributed by atoms with Gasteiger partial charge in [-0.3, -0.25) is 9.59 Å². The summed E-state index contributed by atoms with van der Waals surface area (Å²) in [6, 6.07) is 8.81. The summed E-state index contributed by atoms with van der Waals surface area (Å²) in [6.45, 7) is 2.41. The van der Waals surface area contributed by atoms with Crippen molar-refractivity contribution >= 4 is 34.3 Å². The zero-order valence-electron chi connectivity index (χ0n) is 22.2. The van der Waals surface area contributed by atoms with Gasteiger partial charge < -0.3 is 14.9 Å². The number of esters is 1. The molecule has 0 saturated heterocycles. The summed E-state index contributed by atoms with van der Waals surface area (Å²) in [4.78, 5) is 53.0. The van der Waals surface area contributed by atoms with Crippen molar-refractivity contribution in [3.63, 3.8) is 0 Å². The molecule has 4 saturated carbocycles. The highest BCUT2D eigenvalue weighted by atomic mass is 127. The molecule has 1 unspecified atom stereocenters. The first-order chi connectivity index (χ1) is 19.1. The van der Waals surface area contributed by atoms with Crippen LogP contribution in [0.25, 0.3) is 5.69 Å². The molecule has 5 aliphatic rings. The number of para-hydroxylation sites is 1. The van der Waals surface area contributed by atoms with E-state index in [2.05, 4.69) is 0 Å². The lowest BCUT2D eigenvalue weighted by Crippen LogP contribution is -2.63. The predicted octanol–water partition coefficient (Wildman–Crippen LogP) is 1.59. The summed E-state index contributed by atoms with van der Waals surface area (Å²) in [6.07, 6.45) is 2.58. The van der Waals surface area contributed by atoms with E-state index in [1.165, 1.54) is 13.9 Å². The maximum Gasteiger partial charge on any atom is 0.352 e. The summed E-state index contributed by atoms with van der Waals surface area (Å²) in [5.41, 5.74) is -2.99. The van der Waals surface area contributed by atoms with Crippen LogP contribution in [0.5, 0.6) is 0 Å². The maximum absolute atomic E-state index is 13.6. The van der Waals surface area contributed by atoms with Crippen molar-refractivity contribution < 1.29 is 24.5 Å². The number of alkyl halides is 1. The quantitative estimate of drug-likeness (QED) is 0.220. The van der Waals surface area contributed by atoms with Gasteiger partial charge in [-0.2, -0.15) is 0 Å². The largest absolute Gasteiger partial charge is 0.461 e. The van der Waals surface area contributed by atoms with Gasteiger partial charge in [-0.25, -0.2) is 23.5 Å². The topological polar surface area (TPSA) is 133 Å². The average Bonchev–Trinajstić information content (AvgIpc) is 3.62. The molecule has 4 aliphatic carbocycles. The molecule has 4 fully saturated rings. The van der Waals surface area contributed by atoms with Crippen LogP contribution in [0.4, 0.5) is 0 Å². The number of aliphatic hydroxyl groups is 2. The smallest absolute Gasteiger partial charge is 0.352 e. The number of carbonyl (C=O) groups excluding carboxylic acids is 2. The highest BCUT2D eigenvalue weighted by Crippen LogP contribution is 2.79. The SMILES string of the molecule is C[C@H]1[C@H](C2=CCn3c(=O)n(-c4ccccc4)c(=O)n3C2)C[C@@H](OC(=O)CI)[C@]23CC2CC[C@]12C[C@H](O)C(=O)[C@]23O. The second kappa shape index (κ2) is 8.75. The van der Waals surface area contributed by atoms with Gasteiger partial charge in [0.1, 0.15) is 17.8 Å². The lowest BCUT2D eigenvalue weighted by atomic mass is 9.53. The van der Waals surface area contributed by atoms with Crippen molar-refractivity contribution in [3.8, 4) is 5.69 Å². The minimum absolute atomic E-state index is 0.0471. The Hall–Kier alpha value is -2.51. The first-order valence-corrected chi connectivity index (χ1v) is 15.5. The van der Waals surface area contributed by atoms with E-state index in [1.54, 1.807) is 24.3 Å². The van der Waals surface area contributed by atoms with Crippen LogP contribution in [0.3, 0.4) is 0 Å².